The lowest BCUT2D eigenvalue weighted by atomic mass is 9.93. The molecule has 0 unspecified atom stereocenters. The summed E-state index contributed by atoms with van der Waals surface area (Å²) in [6, 6.07) is 18.1. The second-order valence-corrected chi connectivity index (χ2v) is 12.5. The lowest BCUT2D eigenvalue weighted by Gasteiger charge is -2.15. The van der Waals surface area contributed by atoms with E-state index in [4.69, 9.17) is 22.9 Å². The summed E-state index contributed by atoms with van der Waals surface area (Å²) in [5, 5.41) is 0. The molecule has 0 aromatic heterocycles. The predicted octanol–water partition coefficient (Wildman–Crippen LogP) is 9.38. The molecule has 46 heavy (non-hydrogen) atoms. The lowest BCUT2D eigenvalue weighted by molar-refractivity contribution is 1.04. The molecule has 248 valence electrons. The average molecular weight is 621 g/mol. The van der Waals surface area contributed by atoms with Gasteiger partial charge in [-0.1, -0.05) is 104 Å². The molecule has 0 amide bonds. The Labute approximate surface area is 280 Å². The van der Waals surface area contributed by atoms with Crippen molar-refractivity contribution in [1.82, 2.24) is 0 Å². The Kier molecular flexibility index (Phi) is 13.6. The molecular weight excluding hydrogens is 560 g/mol. The van der Waals surface area contributed by atoms with Crippen LogP contribution in [0.15, 0.2) is 48.5 Å². The first-order valence-electron chi connectivity index (χ1n) is 17.7. The van der Waals surface area contributed by atoms with Gasteiger partial charge in [0.15, 0.2) is 0 Å². The van der Waals surface area contributed by atoms with Crippen molar-refractivity contribution < 1.29 is 0 Å². The van der Waals surface area contributed by atoms with Gasteiger partial charge in [-0.3, -0.25) is 0 Å². The van der Waals surface area contributed by atoms with Gasteiger partial charge in [-0.25, -0.2) is 0 Å². The molecule has 0 heterocycles. The van der Waals surface area contributed by atoms with Crippen LogP contribution in [0, 0.1) is 0 Å². The van der Waals surface area contributed by atoms with Crippen molar-refractivity contribution in [2.75, 3.05) is 22.9 Å². The van der Waals surface area contributed by atoms with Gasteiger partial charge in [0.2, 0.25) is 0 Å². The number of hydrogen-bond donors (Lipinski definition) is 4. The topological polar surface area (TPSA) is 104 Å². The summed E-state index contributed by atoms with van der Waals surface area (Å²) < 4.78 is 0. The van der Waals surface area contributed by atoms with Crippen LogP contribution in [0.1, 0.15) is 122 Å². The summed E-state index contributed by atoms with van der Waals surface area (Å²) in [5.74, 6) is 0. The highest BCUT2D eigenvalue weighted by Crippen LogP contribution is 2.28. The van der Waals surface area contributed by atoms with Crippen molar-refractivity contribution in [3.8, 4) is 0 Å². The standard InChI is InChI=1S/2C21H30N2/c2*1-5-16-10-14(11-17(6-2)20(16)22)9-15-12-18(7-3)21(23)19(8-4)13-15/h2*10-13H,5-9,22-23H2,1-4H3. The van der Waals surface area contributed by atoms with Gasteiger partial charge in [-0.2, -0.15) is 0 Å². The zero-order chi connectivity index (χ0) is 34.0. The van der Waals surface area contributed by atoms with Crippen molar-refractivity contribution in [2.24, 2.45) is 0 Å². The normalized spacial score (nSPS) is 11.0. The van der Waals surface area contributed by atoms with E-state index in [-0.39, 0.29) is 0 Å². The first kappa shape index (κ1) is 36.5. The van der Waals surface area contributed by atoms with Crippen LogP contribution in [0.5, 0.6) is 0 Å². The highest BCUT2D eigenvalue weighted by atomic mass is 14.6. The van der Waals surface area contributed by atoms with E-state index in [2.05, 4.69) is 104 Å². The molecule has 0 aliphatic heterocycles. The Morgan fingerprint density at radius 3 is 0.522 bits per heavy atom. The molecule has 0 spiro atoms. The van der Waals surface area contributed by atoms with Gasteiger partial charge in [0.05, 0.1) is 0 Å². The van der Waals surface area contributed by atoms with E-state index in [0.29, 0.717) is 0 Å². The maximum atomic E-state index is 6.26. The summed E-state index contributed by atoms with van der Waals surface area (Å²) >= 11 is 0. The largest absolute Gasteiger partial charge is 0.398 e. The molecule has 0 bridgehead atoms. The van der Waals surface area contributed by atoms with Gasteiger partial charge in [0.1, 0.15) is 0 Å². The molecule has 4 aromatic rings. The number of aryl methyl sites for hydroxylation is 8. The van der Waals surface area contributed by atoms with Gasteiger partial charge in [0.25, 0.3) is 0 Å². The molecule has 0 aliphatic carbocycles. The average Bonchev–Trinajstić information content (AvgIpc) is 3.07. The van der Waals surface area contributed by atoms with E-state index in [1.807, 2.05) is 0 Å². The van der Waals surface area contributed by atoms with Crippen molar-refractivity contribution in [2.45, 2.75) is 120 Å². The molecular formula is C42H60N4. The van der Waals surface area contributed by atoms with E-state index >= 15 is 0 Å². The Morgan fingerprint density at radius 1 is 0.283 bits per heavy atom. The van der Waals surface area contributed by atoms with Crippen LogP contribution in [0.2, 0.25) is 0 Å². The number of benzene rings is 4. The highest BCUT2D eigenvalue weighted by molar-refractivity contribution is 5.60. The van der Waals surface area contributed by atoms with Gasteiger partial charge >= 0.3 is 0 Å². The van der Waals surface area contributed by atoms with Crippen LogP contribution in [0.3, 0.4) is 0 Å². The number of anilines is 4. The third-order valence-corrected chi connectivity index (χ3v) is 9.51. The summed E-state index contributed by atoms with van der Waals surface area (Å²) in [7, 11) is 0. The highest BCUT2D eigenvalue weighted by Gasteiger charge is 2.11. The number of nitrogen functional groups attached to an aromatic ring is 4. The van der Waals surface area contributed by atoms with Crippen LogP contribution >= 0.6 is 0 Å². The first-order valence-corrected chi connectivity index (χ1v) is 17.7. The van der Waals surface area contributed by atoms with Crippen molar-refractivity contribution >= 4 is 22.7 Å². The third-order valence-electron chi connectivity index (χ3n) is 9.51. The molecule has 4 aromatic carbocycles. The second-order valence-electron chi connectivity index (χ2n) is 12.5. The van der Waals surface area contributed by atoms with E-state index in [0.717, 1.165) is 87.0 Å². The maximum absolute atomic E-state index is 6.26. The Morgan fingerprint density at radius 2 is 0.413 bits per heavy atom. The fourth-order valence-electron chi connectivity index (χ4n) is 6.62. The Hall–Kier alpha value is -3.92. The van der Waals surface area contributed by atoms with E-state index < -0.39 is 0 Å². The van der Waals surface area contributed by atoms with E-state index in [1.165, 1.54) is 66.8 Å². The molecule has 4 heteroatoms. The summed E-state index contributed by atoms with van der Waals surface area (Å²) in [6.07, 6.45) is 9.74. The van der Waals surface area contributed by atoms with Crippen LogP contribution in [0.25, 0.3) is 0 Å². The first-order chi connectivity index (χ1) is 22.1. The van der Waals surface area contributed by atoms with E-state index in [1.54, 1.807) is 0 Å². The van der Waals surface area contributed by atoms with Crippen LogP contribution in [-0.2, 0) is 64.2 Å². The summed E-state index contributed by atoms with van der Waals surface area (Å²) in [4.78, 5) is 0. The van der Waals surface area contributed by atoms with Crippen LogP contribution in [0.4, 0.5) is 22.7 Å². The molecule has 0 saturated heterocycles. The maximum Gasteiger partial charge on any atom is 0.0379 e. The number of rotatable bonds is 12. The quantitative estimate of drug-likeness (QED) is 0.118. The van der Waals surface area contributed by atoms with E-state index in [9.17, 15) is 0 Å². The van der Waals surface area contributed by atoms with Crippen molar-refractivity contribution in [3.05, 3.63) is 115 Å². The Balaban J connectivity index is 0.000000250. The minimum absolute atomic E-state index is 0.945. The van der Waals surface area contributed by atoms with Crippen LogP contribution in [-0.4, -0.2) is 0 Å². The molecule has 0 saturated carbocycles. The molecule has 4 nitrogen and oxygen atoms in total. The van der Waals surface area contributed by atoms with Crippen LogP contribution < -0.4 is 22.9 Å². The molecule has 8 N–H and O–H groups in total. The molecule has 0 radical (unpaired) electrons. The zero-order valence-electron chi connectivity index (χ0n) is 30.0. The minimum Gasteiger partial charge on any atom is -0.398 e. The molecule has 0 atom stereocenters. The van der Waals surface area contributed by atoms with Gasteiger partial charge in [-0.05, 0) is 131 Å². The molecule has 4 rings (SSSR count). The number of hydrogen-bond acceptors (Lipinski definition) is 4. The molecule has 0 aliphatic rings. The molecule has 0 fully saturated rings. The minimum atomic E-state index is 0.945. The van der Waals surface area contributed by atoms with Crippen molar-refractivity contribution in [3.63, 3.8) is 0 Å². The SMILES string of the molecule is CCc1cc(Cc2cc(CC)c(N)c(CC)c2)cc(CC)c1N.CCc1cc(Cc2cc(CC)c(N)c(CC)c2)cc(CC)c1N. The van der Waals surface area contributed by atoms with Gasteiger partial charge in [-0.15, -0.1) is 0 Å². The number of nitrogens with two attached hydrogens (primary N) is 4. The second kappa shape index (κ2) is 17.1. The van der Waals surface area contributed by atoms with Gasteiger partial charge in [0, 0.05) is 22.7 Å². The lowest BCUT2D eigenvalue weighted by Crippen LogP contribution is -2.04. The van der Waals surface area contributed by atoms with Gasteiger partial charge < -0.3 is 22.9 Å². The monoisotopic (exact) mass is 620 g/mol. The zero-order valence-corrected chi connectivity index (χ0v) is 30.0. The fraction of sp³-hybridized carbons (Fsp3) is 0.429. The summed E-state index contributed by atoms with van der Waals surface area (Å²) in [5.41, 5.74) is 44.4. The fourth-order valence-corrected chi connectivity index (χ4v) is 6.62. The smallest absolute Gasteiger partial charge is 0.0379 e. The summed E-state index contributed by atoms with van der Waals surface area (Å²) in [6.45, 7) is 17.4. The Bertz CT molecular complexity index is 1270. The van der Waals surface area contributed by atoms with Crippen molar-refractivity contribution in [1.29, 1.82) is 0 Å². The third kappa shape index (κ3) is 8.66. The predicted molar refractivity (Wildman–Crippen MR) is 204 cm³/mol.